The fourth-order valence-electron chi connectivity index (χ4n) is 2.62. The van der Waals surface area contributed by atoms with E-state index in [0.29, 0.717) is 12.2 Å². The van der Waals surface area contributed by atoms with Crippen molar-refractivity contribution in [3.63, 3.8) is 0 Å². The predicted octanol–water partition coefficient (Wildman–Crippen LogP) is 3.17. The molecule has 11 heteroatoms. The number of amides is 1. The van der Waals surface area contributed by atoms with E-state index in [1.807, 2.05) is 6.92 Å². The molecule has 1 amide bonds. The molecule has 0 radical (unpaired) electrons. The molecule has 3 aromatic rings. The Bertz CT molecular complexity index is 1020. The van der Waals surface area contributed by atoms with E-state index in [1.54, 1.807) is 17.1 Å². The molecule has 2 heterocycles. The number of rotatable bonds is 7. The smallest absolute Gasteiger partial charge is 0.365 e. The summed E-state index contributed by atoms with van der Waals surface area (Å²) >= 11 is 0. The highest BCUT2D eigenvalue weighted by Gasteiger charge is 2.32. The standard InChI is InChI=1S/C18H18F3N7O/c1-2-28-10-12(8-25-28)26-17-24-9-13(15(22)29)16(27-17)23-7-11-5-3-4-6-14(11)18(19,20)21/h3-6,8-10H,2,7H2,1H3,(H2,22,29)(H2,23,24,26,27). The van der Waals surface area contributed by atoms with Crippen LogP contribution in [0, 0.1) is 0 Å². The molecule has 2 aromatic heterocycles. The average Bonchev–Trinajstić information content (AvgIpc) is 3.13. The van der Waals surface area contributed by atoms with Crippen LogP contribution in [-0.2, 0) is 19.3 Å². The highest BCUT2D eigenvalue weighted by molar-refractivity contribution is 5.97. The number of nitrogens with two attached hydrogens (primary N) is 1. The SMILES string of the molecule is CCn1cc(Nc2ncc(C(N)=O)c(NCc3ccccc3C(F)(F)F)n2)cn1. The molecule has 0 fully saturated rings. The summed E-state index contributed by atoms with van der Waals surface area (Å²) in [7, 11) is 0. The average molecular weight is 405 g/mol. The molecule has 8 nitrogen and oxygen atoms in total. The summed E-state index contributed by atoms with van der Waals surface area (Å²) in [5, 5.41) is 9.78. The van der Waals surface area contributed by atoms with Crippen molar-refractivity contribution in [2.45, 2.75) is 26.2 Å². The van der Waals surface area contributed by atoms with Crippen LogP contribution >= 0.6 is 0 Å². The number of halogens is 3. The number of hydrogen-bond acceptors (Lipinski definition) is 6. The van der Waals surface area contributed by atoms with E-state index in [4.69, 9.17) is 5.73 Å². The molecule has 3 rings (SSSR count). The maximum absolute atomic E-state index is 13.2. The summed E-state index contributed by atoms with van der Waals surface area (Å²) in [5.41, 5.74) is 5.15. The van der Waals surface area contributed by atoms with Crippen LogP contribution < -0.4 is 16.4 Å². The first-order chi connectivity index (χ1) is 13.8. The van der Waals surface area contributed by atoms with E-state index in [9.17, 15) is 18.0 Å². The minimum absolute atomic E-state index is 0.00719. The van der Waals surface area contributed by atoms with Crippen LogP contribution in [0.1, 0.15) is 28.4 Å². The summed E-state index contributed by atoms with van der Waals surface area (Å²) in [6.45, 7) is 2.39. The van der Waals surface area contributed by atoms with Gasteiger partial charge in [-0.3, -0.25) is 9.48 Å². The van der Waals surface area contributed by atoms with Gasteiger partial charge in [0.2, 0.25) is 5.95 Å². The highest BCUT2D eigenvalue weighted by Crippen LogP contribution is 2.32. The topological polar surface area (TPSA) is 111 Å². The lowest BCUT2D eigenvalue weighted by Crippen LogP contribution is -2.18. The molecule has 4 N–H and O–H groups in total. The second kappa shape index (κ2) is 8.17. The zero-order valence-electron chi connectivity index (χ0n) is 15.4. The van der Waals surface area contributed by atoms with Crippen molar-refractivity contribution < 1.29 is 18.0 Å². The zero-order chi connectivity index (χ0) is 21.0. The second-order valence-electron chi connectivity index (χ2n) is 6.04. The fraction of sp³-hybridized carbons (Fsp3) is 0.222. The molecule has 0 aliphatic carbocycles. The van der Waals surface area contributed by atoms with Crippen molar-refractivity contribution in [2.75, 3.05) is 10.6 Å². The van der Waals surface area contributed by atoms with Gasteiger partial charge in [0.25, 0.3) is 5.91 Å². The normalized spacial score (nSPS) is 11.3. The summed E-state index contributed by atoms with van der Waals surface area (Å²) in [5.74, 6) is -0.644. The molecule has 0 aliphatic heterocycles. The summed E-state index contributed by atoms with van der Waals surface area (Å²) in [4.78, 5) is 19.9. The first-order valence-electron chi connectivity index (χ1n) is 8.63. The van der Waals surface area contributed by atoms with E-state index >= 15 is 0 Å². The zero-order valence-corrected chi connectivity index (χ0v) is 15.4. The largest absolute Gasteiger partial charge is 0.416 e. The van der Waals surface area contributed by atoms with Gasteiger partial charge in [-0.15, -0.1) is 0 Å². The van der Waals surface area contributed by atoms with Crippen LogP contribution in [0.3, 0.4) is 0 Å². The highest BCUT2D eigenvalue weighted by atomic mass is 19.4. The van der Waals surface area contributed by atoms with Crippen LogP contribution in [0.15, 0.2) is 42.9 Å². The molecular formula is C18H18F3N7O. The van der Waals surface area contributed by atoms with Crippen molar-refractivity contribution in [3.8, 4) is 0 Å². The minimum Gasteiger partial charge on any atom is -0.365 e. The number of alkyl halides is 3. The van der Waals surface area contributed by atoms with Crippen LogP contribution in [0.4, 0.5) is 30.6 Å². The number of nitrogens with one attached hydrogen (secondary N) is 2. The van der Waals surface area contributed by atoms with Crippen LogP contribution in [0.25, 0.3) is 0 Å². The van der Waals surface area contributed by atoms with Gasteiger partial charge in [-0.2, -0.15) is 23.3 Å². The van der Waals surface area contributed by atoms with Crippen molar-refractivity contribution in [1.82, 2.24) is 19.7 Å². The van der Waals surface area contributed by atoms with E-state index in [1.165, 1.54) is 24.4 Å². The molecule has 0 spiro atoms. The first-order valence-corrected chi connectivity index (χ1v) is 8.63. The lowest BCUT2D eigenvalue weighted by molar-refractivity contribution is -0.138. The fourth-order valence-corrected chi connectivity index (χ4v) is 2.62. The third-order valence-electron chi connectivity index (χ3n) is 4.04. The third-order valence-corrected chi connectivity index (χ3v) is 4.04. The van der Waals surface area contributed by atoms with Gasteiger partial charge in [0, 0.05) is 25.5 Å². The Hall–Kier alpha value is -3.63. The van der Waals surface area contributed by atoms with Crippen molar-refractivity contribution in [3.05, 3.63) is 59.5 Å². The Labute approximate surface area is 164 Å². The second-order valence-corrected chi connectivity index (χ2v) is 6.04. The molecule has 0 atom stereocenters. The molecular weight excluding hydrogens is 387 g/mol. The number of aromatic nitrogens is 4. The summed E-state index contributed by atoms with van der Waals surface area (Å²) in [6, 6.07) is 5.15. The van der Waals surface area contributed by atoms with E-state index < -0.39 is 17.6 Å². The van der Waals surface area contributed by atoms with Gasteiger partial charge in [-0.05, 0) is 18.6 Å². The quantitative estimate of drug-likeness (QED) is 0.557. The summed E-state index contributed by atoms with van der Waals surface area (Å²) in [6.07, 6.45) is 0.0160. The number of nitrogens with zero attached hydrogens (tertiary/aromatic N) is 4. The van der Waals surface area contributed by atoms with Crippen LogP contribution in [0.2, 0.25) is 0 Å². The minimum atomic E-state index is -4.50. The maximum Gasteiger partial charge on any atom is 0.416 e. The van der Waals surface area contributed by atoms with Crippen molar-refractivity contribution in [1.29, 1.82) is 0 Å². The van der Waals surface area contributed by atoms with Gasteiger partial charge in [-0.1, -0.05) is 18.2 Å². The number of hydrogen-bond donors (Lipinski definition) is 3. The Morgan fingerprint density at radius 1 is 1.24 bits per heavy atom. The molecule has 0 saturated carbocycles. The van der Waals surface area contributed by atoms with Crippen LogP contribution in [0.5, 0.6) is 0 Å². The first kappa shape index (κ1) is 20.1. The molecule has 0 saturated heterocycles. The molecule has 0 unspecified atom stereocenters. The lowest BCUT2D eigenvalue weighted by Gasteiger charge is -2.15. The number of aryl methyl sites for hydroxylation is 1. The van der Waals surface area contributed by atoms with Crippen molar-refractivity contribution >= 4 is 23.4 Å². The molecule has 1 aromatic carbocycles. The van der Waals surface area contributed by atoms with Gasteiger partial charge in [0.1, 0.15) is 5.82 Å². The van der Waals surface area contributed by atoms with Gasteiger partial charge >= 0.3 is 6.18 Å². The molecule has 152 valence electrons. The molecule has 0 bridgehead atoms. The number of primary amides is 1. The van der Waals surface area contributed by atoms with Gasteiger partial charge in [0.05, 0.1) is 23.0 Å². The maximum atomic E-state index is 13.2. The van der Waals surface area contributed by atoms with Crippen molar-refractivity contribution in [2.24, 2.45) is 5.73 Å². The van der Waals surface area contributed by atoms with E-state index in [-0.39, 0.29) is 29.4 Å². The van der Waals surface area contributed by atoms with Gasteiger partial charge in [-0.25, -0.2) is 4.98 Å². The van der Waals surface area contributed by atoms with E-state index in [0.717, 1.165) is 6.07 Å². The third kappa shape index (κ3) is 4.81. The monoisotopic (exact) mass is 405 g/mol. The predicted molar refractivity (Wildman–Crippen MR) is 101 cm³/mol. The summed E-state index contributed by atoms with van der Waals surface area (Å²) < 4.78 is 41.2. The molecule has 0 aliphatic rings. The Kier molecular flexibility index (Phi) is 5.66. The number of carbonyl (C=O) groups excluding carboxylic acids is 1. The number of carbonyl (C=O) groups is 1. The van der Waals surface area contributed by atoms with Gasteiger partial charge < -0.3 is 16.4 Å². The Morgan fingerprint density at radius 2 is 2.00 bits per heavy atom. The number of benzene rings is 1. The molecule has 29 heavy (non-hydrogen) atoms. The van der Waals surface area contributed by atoms with E-state index in [2.05, 4.69) is 25.7 Å². The number of anilines is 3. The lowest BCUT2D eigenvalue weighted by atomic mass is 10.1. The Balaban J connectivity index is 1.85. The van der Waals surface area contributed by atoms with Gasteiger partial charge in [0.15, 0.2) is 0 Å². The Morgan fingerprint density at radius 3 is 2.66 bits per heavy atom. The van der Waals surface area contributed by atoms with Crippen LogP contribution in [-0.4, -0.2) is 25.7 Å².